The molecule has 0 amide bonds. The monoisotopic (exact) mass is 666 g/mol. The molecule has 2 aromatic heterocycles. The van der Waals surface area contributed by atoms with E-state index in [1.807, 2.05) is 11.3 Å². The summed E-state index contributed by atoms with van der Waals surface area (Å²) < 4.78 is 5.04. The van der Waals surface area contributed by atoms with Crippen molar-refractivity contribution in [3.63, 3.8) is 0 Å². The van der Waals surface area contributed by atoms with Crippen molar-refractivity contribution in [1.82, 2.24) is 4.57 Å². The van der Waals surface area contributed by atoms with Crippen LogP contribution in [0.4, 0.5) is 11.4 Å². The van der Waals surface area contributed by atoms with Crippen LogP contribution in [0.5, 0.6) is 0 Å². The topological polar surface area (TPSA) is 8.17 Å². The number of rotatable bonds is 2. The first-order valence-corrected chi connectivity index (χ1v) is 18.2. The number of nitrogens with zero attached hydrogens (tertiary/aromatic N) is 2. The van der Waals surface area contributed by atoms with Crippen LogP contribution >= 0.6 is 11.3 Å². The van der Waals surface area contributed by atoms with Crippen LogP contribution < -0.4 is 15.5 Å². The van der Waals surface area contributed by atoms with Crippen LogP contribution in [-0.2, 0) is 0 Å². The molecule has 0 saturated heterocycles. The summed E-state index contributed by atoms with van der Waals surface area (Å²) in [5.41, 5.74) is 6.63. The SMILES string of the molecule is C=C1/C=c2\c(n(-c3ccccc3)c3ccc4c5ccccc5sc4c23)=C/N(c2ccc3c4ccccc4c4ccccc4c3c2)c2ccccc21. The molecular formula is C48H30N2S. The maximum absolute atomic E-state index is 4.72. The number of benzene rings is 8. The summed E-state index contributed by atoms with van der Waals surface area (Å²) in [6, 6.07) is 57.4. The number of hydrogen-bond donors (Lipinski definition) is 0. The molecule has 0 bridgehead atoms. The van der Waals surface area contributed by atoms with Crippen molar-refractivity contribution in [2.24, 2.45) is 0 Å². The highest BCUT2D eigenvalue weighted by atomic mass is 32.1. The van der Waals surface area contributed by atoms with E-state index in [0.29, 0.717) is 0 Å². The summed E-state index contributed by atoms with van der Waals surface area (Å²) in [5, 5.41) is 13.8. The Morgan fingerprint density at radius 1 is 0.490 bits per heavy atom. The van der Waals surface area contributed by atoms with Gasteiger partial charge in [-0.05, 0) is 86.4 Å². The third-order valence-corrected chi connectivity index (χ3v) is 11.9. The van der Waals surface area contributed by atoms with Crippen molar-refractivity contribution in [3.05, 3.63) is 180 Å². The minimum Gasteiger partial charge on any atom is -0.314 e. The van der Waals surface area contributed by atoms with Crippen molar-refractivity contribution in [2.75, 3.05) is 4.90 Å². The molecule has 3 heteroatoms. The molecule has 3 heterocycles. The number of hydrogen-bond acceptors (Lipinski definition) is 2. The lowest BCUT2D eigenvalue weighted by molar-refractivity contribution is 1.06. The predicted molar refractivity (Wildman–Crippen MR) is 221 cm³/mol. The van der Waals surface area contributed by atoms with E-state index in [-0.39, 0.29) is 0 Å². The van der Waals surface area contributed by atoms with Crippen LogP contribution in [0.15, 0.2) is 164 Å². The van der Waals surface area contributed by atoms with Crippen molar-refractivity contribution >= 4 is 104 Å². The zero-order chi connectivity index (χ0) is 33.6. The molecule has 0 atom stereocenters. The molecule has 11 rings (SSSR count). The van der Waals surface area contributed by atoms with Crippen LogP contribution in [-0.4, -0.2) is 4.57 Å². The maximum atomic E-state index is 4.72. The van der Waals surface area contributed by atoms with E-state index in [9.17, 15) is 0 Å². The quantitative estimate of drug-likeness (QED) is 0.167. The molecule has 51 heavy (non-hydrogen) atoms. The molecule has 0 spiro atoms. The number of allylic oxidation sites excluding steroid dienone is 1. The van der Waals surface area contributed by atoms with E-state index in [2.05, 4.69) is 179 Å². The highest BCUT2D eigenvalue weighted by molar-refractivity contribution is 7.26. The van der Waals surface area contributed by atoms with E-state index in [1.165, 1.54) is 68.6 Å². The van der Waals surface area contributed by atoms with Gasteiger partial charge in [0.15, 0.2) is 0 Å². The second kappa shape index (κ2) is 10.8. The second-order valence-electron chi connectivity index (χ2n) is 13.4. The summed E-state index contributed by atoms with van der Waals surface area (Å²) >= 11 is 1.88. The zero-order valence-electron chi connectivity index (χ0n) is 27.7. The van der Waals surface area contributed by atoms with E-state index in [1.54, 1.807) is 0 Å². The van der Waals surface area contributed by atoms with Gasteiger partial charge in [-0.1, -0.05) is 122 Å². The Morgan fingerprint density at radius 3 is 1.86 bits per heavy atom. The molecule has 238 valence electrons. The Balaban J connectivity index is 1.30. The van der Waals surface area contributed by atoms with Gasteiger partial charge in [0.1, 0.15) is 0 Å². The molecule has 8 aromatic carbocycles. The molecule has 2 nitrogen and oxygen atoms in total. The molecule has 0 aliphatic carbocycles. The van der Waals surface area contributed by atoms with E-state index < -0.39 is 0 Å². The minimum atomic E-state index is 0.993. The fraction of sp³-hybridized carbons (Fsp3) is 0. The summed E-state index contributed by atoms with van der Waals surface area (Å²) in [4.78, 5) is 2.39. The Labute approximate surface area is 298 Å². The molecule has 0 saturated carbocycles. The molecule has 0 N–H and O–H groups in total. The van der Waals surface area contributed by atoms with Gasteiger partial charge in [0.2, 0.25) is 0 Å². The Bertz CT molecular complexity index is 3180. The van der Waals surface area contributed by atoms with Gasteiger partial charge in [-0.25, -0.2) is 0 Å². The second-order valence-corrected chi connectivity index (χ2v) is 14.5. The van der Waals surface area contributed by atoms with Gasteiger partial charge < -0.3 is 9.47 Å². The van der Waals surface area contributed by atoms with Gasteiger partial charge in [-0.3, -0.25) is 0 Å². The first-order chi connectivity index (χ1) is 25.2. The zero-order valence-corrected chi connectivity index (χ0v) is 28.5. The van der Waals surface area contributed by atoms with Crippen molar-refractivity contribution < 1.29 is 0 Å². The average Bonchev–Trinajstić information content (AvgIpc) is 3.71. The van der Waals surface area contributed by atoms with Crippen molar-refractivity contribution in [2.45, 2.75) is 0 Å². The van der Waals surface area contributed by atoms with Gasteiger partial charge in [0, 0.05) is 53.9 Å². The third-order valence-electron chi connectivity index (χ3n) is 10.7. The smallest absolute Gasteiger partial charge is 0.0708 e. The average molecular weight is 667 g/mol. The van der Waals surface area contributed by atoms with E-state index >= 15 is 0 Å². The van der Waals surface area contributed by atoms with Gasteiger partial charge in [0.05, 0.1) is 16.6 Å². The molecule has 0 unspecified atom stereocenters. The molecule has 1 aliphatic heterocycles. The lowest BCUT2D eigenvalue weighted by Crippen LogP contribution is -2.33. The van der Waals surface area contributed by atoms with Gasteiger partial charge in [-0.2, -0.15) is 0 Å². The summed E-state index contributed by atoms with van der Waals surface area (Å²) in [6.45, 7) is 4.72. The van der Waals surface area contributed by atoms with Crippen LogP contribution in [0, 0.1) is 0 Å². The van der Waals surface area contributed by atoms with E-state index in [4.69, 9.17) is 6.58 Å². The van der Waals surface area contributed by atoms with Gasteiger partial charge in [-0.15, -0.1) is 11.3 Å². The number of thiophene rings is 1. The number of aromatic nitrogens is 1. The first-order valence-electron chi connectivity index (χ1n) is 17.4. The van der Waals surface area contributed by atoms with E-state index in [0.717, 1.165) is 33.5 Å². The maximum Gasteiger partial charge on any atom is 0.0708 e. The van der Waals surface area contributed by atoms with Gasteiger partial charge >= 0.3 is 0 Å². The fourth-order valence-corrected chi connectivity index (χ4v) is 9.65. The summed E-state index contributed by atoms with van der Waals surface area (Å²) in [7, 11) is 0. The lowest BCUT2D eigenvalue weighted by Gasteiger charge is -2.26. The largest absolute Gasteiger partial charge is 0.314 e. The van der Waals surface area contributed by atoms with Crippen LogP contribution in [0.3, 0.4) is 0 Å². The normalized spacial score (nSPS) is 14.4. The van der Waals surface area contributed by atoms with Crippen molar-refractivity contribution in [3.8, 4) is 5.69 Å². The lowest BCUT2D eigenvalue weighted by atomic mass is 9.94. The number of para-hydroxylation sites is 2. The summed E-state index contributed by atoms with van der Waals surface area (Å²) in [6.07, 6.45) is 4.67. The fourth-order valence-electron chi connectivity index (χ4n) is 8.39. The third kappa shape index (κ3) is 4.10. The highest BCUT2D eigenvalue weighted by Gasteiger charge is 2.21. The Morgan fingerprint density at radius 2 is 1.10 bits per heavy atom. The number of fused-ring (bicyclic) bond motifs is 14. The first kappa shape index (κ1) is 28.4. The Hall–Kier alpha value is -6.42. The molecular weight excluding hydrogens is 637 g/mol. The van der Waals surface area contributed by atoms with Crippen LogP contribution in [0.2, 0.25) is 0 Å². The highest BCUT2D eigenvalue weighted by Crippen LogP contribution is 2.41. The number of anilines is 2. The van der Waals surface area contributed by atoms with Crippen LogP contribution in [0.1, 0.15) is 5.56 Å². The standard InChI is InChI=1S/C48H30N2S/c1-30-27-42-45(50(31-13-3-2-4-14-31)44-26-25-40-39-20-10-12-22-46(39)51-48(40)47(42)44)29-49(43-21-11-9-15-33(30)43)32-23-24-38-36-18-6-5-16-34(36)35-17-7-8-19-37(35)41(38)28-32/h2-29H,1H2/b42-27+,45-29+. The predicted octanol–water partition coefficient (Wildman–Crippen LogP) is 11.8. The summed E-state index contributed by atoms with van der Waals surface area (Å²) in [5.74, 6) is 0. The minimum absolute atomic E-state index is 0.993. The van der Waals surface area contributed by atoms with Crippen LogP contribution in [0.25, 0.3) is 86.9 Å². The molecule has 0 radical (unpaired) electrons. The van der Waals surface area contributed by atoms with Crippen molar-refractivity contribution in [1.29, 1.82) is 0 Å². The molecule has 0 fully saturated rings. The van der Waals surface area contributed by atoms with Gasteiger partial charge in [0.25, 0.3) is 0 Å². The Kier molecular flexibility index (Phi) is 6.01. The molecule has 10 aromatic rings. The molecule has 1 aliphatic rings.